The van der Waals surface area contributed by atoms with E-state index in [4.69, 9.17) is 0 Å². The molecule has 0 atom stereocenters. The van der Waals surface area contributed by atoms with Gasteiger partial charge >= 0.3 is 0 Å². The molecular formula is C21H23BrFN5O2S. The summed E-state index contributed by atoms with van der Waals surface area (Å²) in [5.41, 5.74) is 0.720. The van der Waals surface area contributed by atoms with Gasteiger partial charge in [-0.1, -0.05) is 0 Å². The average molecular weight is 508 g/mol. The lowest BCUT2D eigenvalue weighted by Crippen LogP contribution is -2.43. The first-order valence-corrected chi connectivity index (χ1v) is 11.6. The van der Waals surface area contributed by atoms with Crippen LogP contribution in [0.2, 0.25) is 0 Å². The lowest BCUT2D eigenvalue weighted by atomic mass is 10.0. The number of likely N-dealkylation sites (tertiary alicyclic amines) is 1. The van der Waals surface area contributed by atoms with Crippen molar-refractivity contribution in [2.45, 2.75) is 32.2 Å². The van der Waals surface area contributed by atoms with Gasteiger partial charge in [-0.15, -0.1) is 11.3 Å². The van der Waals surface area contributed by atoms with Gasteiger partial charge in [-0.2, -0.15) is 5.10 Å². The maximum Gasteiger partial charge on any atom is 0.260 e. The second kappa shape index (κ2) is 8.68. The van der Waals surface area contributed by atoms with Crippen molar-refractivity contribution in [3.05, 3.63) is 51.3 Å². The molecule has 0 saturated carbocycles. The van der Waals surface area contributed by atoms with Gasteiger partial charge in [0.25, 0.3) is 11.8 Å². The fourth-order valence-corrected chi connectivity index (χ4v) is 5.29. The van der Waals surface area contributed by atoms with Gasteiger partial charge in [0, 0.05) is 24.2 Å². The van der Waals surface area contributed by atoms with Crippen molar-refractivity contribution in [3.63, 3.8) is 0 Å². The van der Waals surface area contributed by atoms with Crippen molar-refractivity contribution < 1.29 is 14.0 Å². The molecule has 2 N–H and O–H groups in total. The van der Waals surface area contributed by atoms with Crippen LogP contribution in [-0.2, 0) is 0 Å². The molecule has 0 unspecified atom stereocenters. The SMILES string of the molecule is CC1(C)CCCN1CCNC(=O)c1ccc(F)c(NC(=O)c2cnn3cc(Br)sc23)c1. The number of nitrogens with one attached hydrogen (secondary N) is 2. The summed E-state index contributed by atoms with van der Waals surface area (Å²) in [5.74, 6) is -1.40. The number of halogens is 2. The summed E-state index contributed by atoms with van der Waals surface area (Å²) in [6.45, 7) is 6.71. The van der Waals surface area contributed by atoms with Gasteiger partial charge in [0.15, 0.2) is 0 Å². The van der Waals surface area contributed by atoms with Gasteiger partial charge < -0.3 is 10.6 Å². The molecule has 10 heteroatoms. The molecule has 0 aliphatic carbocycles. The Labute approximate surface area is 191 Å². The lowest BCUT2D eigenvalue weighted by Gasteiger charge is -2.31. The number of anilines is 1. The van der Waals surface area contributed by atoms with Gasteiger partial charge in [-0.25, -0.2) is 8.91 Å². The highest BCUT2D eigenvalue weighted by molar-refractivity contribution is 9.11. The van der Waals surface area contributed by atoms with Gasteiger partial charge in [0.2, 0.25) is 0 Å². The van der Waals surface area contributed by atoms with Crippen LogP contribution in [0.25, 0.3) is 4.83 Å². The molecule has 3 aromatic rings. The Bertz CT molecular complexity index is 1140. The Morgan fingerprint density at radius 2 is 2.13 bits per heavy atom. The van der Waals surface area contributed by atoms with Gasteiger partial charge in [0.1, 0.15) is 10.6 Å². The maximum atomic E-state index is 14.3. The number of thiazole rings is 1. The van der Waals surface area contributed by atoms with Crippen LogP contribution >= 0.6 is 27.3 Å². The summed E-state index contributed by atoms with van der Waals surface area (Å²) in [5, 5.41) is 9.56. The summed E-state index contributed by atoms with van der Waals surface area (Å²) in [4.78, 5) is 28.2. The van der Waals surface area contributed by atoms with Crippen molar-refractivity contribution in [2.24, 2.45) is 0 Å². The standard InChI is InChI=1S/C21H23BrFN5O2S/c1-21(2)6-3-8-27(21)9-7-24-18(29)13-4-5-15(23)16(10-13)26-19(30)14-11-25-28-12-17(22)31-20(14)28/h4-5,10-12H,3,6-9H2,1-2H3,(H,24,29)(H,26,30). The van der Waals surface area contributed by atoms with Crippen molar-refractivity contribution in [3.8, 4) is 0 Å². The predicted molar refractivity (Wildman–Crippen MR) is 122 cm³/mol. The van der Waals surface area contributed by atoms with E-state index in [-0.39, 0.29) is 22.7 Å². The topological polar surface area (TPSA) is 78.7 Å². The zero-order chi connectivity index (χ0) is 22.2. The third kappa shape index (κ3) is 4.65. The Hall–Kier alpha value is -2.30. The summed E-state index contributed by atoms with van der Waals surface area (Å²) in [7, 11) is 0. The number of rotatable bonds is 6. The molecule has 0 radical (unpaired) electrons. The molecule has 3 heterocycles. The van der Waals surface area contributed by atoms with Crippen LogP contribution in [0, 0.1) is 5.82 Å². The van der Waals surface area contributed by atoms with E-state index in [1.54, 1.807) is 10.7 Å². The van der Waals surface area contributed by atoms with Crippen LogP contribution in [0.3, 0.4) is 0 Å². The number of hydrogen-bond donors (Lipinski definition) is 2. The van der Waals surface area contributed by atoms with Crippen LogP contribution in [0.4, 0.5) is 10.1 Å². The zero-order valence-corrected chi connectivity index (χ0v) is 19.6. The summed E-state index contributed by atoms with van der Waals surface area (Å²) < 4.78 is 16.7. The molecule has 1 saturated heterocycles. The van der Waals surface area contributed by atoms with E-state index in [0.717, 1.165) is 29.7 Å². The smallest absolute Gasteiger partial charge is 0.260 e. The zero-order valence-electron chi connectivity index (χ0n) is 17.2. The Balaban J connectivity index is 1.41. The van der Waals surface area contributed by atoms with Crippen LogP contribution < -0.4 is 10.6 Å². The van der Waals surface area contributed by atoms with Crippen LogP contribution in [-0.4, -0.2) is 51.5 Å². The summed E-state index contributed by atoms with van der Waals surface area (Å²) in [6, 6.07) is 3.95. The van der Waals surface area contributed by atoms with Crippen LogP contribution in [0.15, 0.2) is 34.4 Å². The Kier molecular flexibility index (Phi) is 6.14. The largest absolute Gasteiger partial charge is 0.351 e. The lowest BCUT2D eigenvalue weighted by molar-refractivity contribution is 0.0939. The van der Waals surface area contributed by atoms with Crippen molar-refractivity contribution in [1.29, 1.82) is 0 Å². The molecule has 7 nitrogen and oxygen atoms in total. The highest BCUT2D eigenvalue weighted by atomic mass is 79.9. The fourth-order valence-electron chi connectivity index (χ4n) is 3.85. The number of benzene rings is 1. The van der Waals surface area contributed by atoms with Crippen molar-refractivity contribution in [1.82, 2.24) is 19.8 Å². The van der Waals surface area contributed by atoms with E-state index < -0.39 is 11.7 Å². The minimum absolute atomic E-state index is 0.0479. The van der Waals surface area contributed by atoms with E-state index in [9.17, 15) is 14.0 Å². The first kappa shape index (κ1) is 21.9. The highest BCUT2D eigenvalue weighted by Crippen LogP contribution is 2.28. The normalized spacial score (nSPS) is 16.0. The number of hydrogen-bond acceptors (Lipinski definition) is 5. The Morgan fingerprint density at radius 1 is 1.32 bits per heavy atom. The summed E-state index contributed by atoms with van der Waals surface area (Å²) >= 11 is 4.71. The molecule has 1 fully saturated rings. The fraction of sp³-hybridized carbons (Fsp3) is 0.381. The molecular weight excluding hydrogens is 485 g/mol. The number of fused-ring (bicyclic) bond motifs is 1. The minimum Gasteiger partial charge on any atom is -0.351 e. The van der Waals surface area contributed by atoms with E-state index >= 15 is 0 Å². The molecule has 2 aromatic heterocycles. The first-order valence-electron chi connectivity index (χ1n) is 10.0. The first-order chi connectivity index (χ1) is 14.7. The maximum absolute atomic E-state index is 14.3. The molecule has 1 aromatic carbocycles. The van der Waals surface area contributed by atoms with E-state index in [1.807, 2.05) is 0 Å². The monoisotopic (exact) mass is 507 g/mol. The average Bonchev–Trinajstić information content (AvgIpc) is 3.36. The number of carbonyl (C=O) groups is 2. The number of aromatic nitrogens is 2. The second-order valence-corrected chi connectivity index (χ2v) is 10.6. The third-order valence-electron chi connectivity index (χ3n) is 5.63. The minimum atomic E-state index is -0.612. The molecule has 31 heavy (non-hydrogen) atoms. The van der Waals surface area contributed by atoms with Gasteiger partial charge in [-0.3, -0.25) is 14.5 Å². The molecule has 1 aliphatic rings. The van der Waals surface area contributed by atoms with Crippen LogP contribution in [0.5, 0.6) is 0 Å². The second-order valence-electron chi connectivity index (χ2n) is 8.15. The van der Waals surface area contributed by atoms with Crippen molar-refractivity contribution in [2.75, 3.05) is 25.0 Å². The quantitative estimate of drug-likeness (QED) is 0.525. The Morgan fingerprint density at radius 3 is 2.87 bits per heavy atom. The van der Waals surface area contributed by atoms with Gasteiger partial charge in [0.05, 0.1) is 27.4 Å². The molecule has 164 valence electrons. The predicted octanol–water partition coefficient (Wildman–Crippen LogP) is 4.15. The molecule has 4 rings (SSSR count). The number of nitrogens with zero attached hydrogens (tertiary/aromatic N) is 3. The summed E-state index contributed by atoms with van der Waals surface area (Å²) in [6.07, 6.45) is 5.48. The molecule has 2 amide bonds. The molecule has 0 bridgehead atoms. The number of carbonyl (C=O) groups excluding carboxylic acids is 2. The van der Waals surface area contributed by atoms with Crippen LogP contribution in [0.1, 0.15) is 47.4 Å². The number of amides is 2. The van der Waals surface area contributed by atoms with E-state index in [1.165, 1.54) is 35.7 Å². The molecule has 0 spiro atoms. The third-order valence-corrected chi connectivity index (χ3v) is 7.22. The van der Waals surface area contributed by atoms with E-state index in [2.05, 4.69) is 50.4 Å². The van der Waals surface area contributed by atoms with Crippen molar-refractivity contribution >= 4 is 49.6 Å². The van der Waals surface area contributed by atoms with E-state index in [0.29, 0.717) is 16.9 Å². The molecule has 1 aliphatic heterocycles. The highest BCUT2D eigenvalue weighted by Gasteiger charge is 2.31. The van der Waals surface area contributed by atoms with Gasteiger partial charge in [-0.05, 0) is 67.4 Å².